The zero-order valence-electron chi connectivity index (χ0n) is 25.1. The van der Waals surface area contributed by atoms with Crippen molar-refractivity contribution >= 4 is 0 Å². The van der Waals surface area contributed by atoms with Gasteiger partial charge in [-0.3, -0.25) is 0 Å². The van der Waals surface area contributed by atoms with Gasteiger partial charge < -0.3 is 14.7 Å². The summed E-state index contributed by atoms with van der Waals surface area (Å²) in [5.41, 5.74) is 1.46. The second kappa shape index (κ2) is 13.3. The summed E-state index contributed by atoms with van der Waals surface area (Å²) < 4.78 is 0. The number of rotatable bonds is 0. The Morgan fingerprint density at radius 2 is 0.909 bits per heavy atom. The van der Waals surface area contributed by atoms with Crippen molar-refractivity contribution in [3.63, 3.8) is 0 Å². The van der Waals surface area contributed by atoms with Crippen molar-refractivity contribution in [3.05, 3.63) is 0 Å². The van der Waals surface area contributed by atoms with E-state index in [1.165, 1.54) is 77.5 Å². The van der Waals surface area contributed by atoms with Crippen LogP contribution in [0, 0.1) is 22.2 Å². The first-order valence-electron chi connectivity index (χ1n) is 14.1. The fourth-order valence-corrected chi connectivity index (χ4v) is 6.28. The van der Waals surface area contributed by atoms with Crippen LogP contribution in [-0.2, 0) is 0 Å². The molecular formula is C30H63N3. The minimum Gasteiger partial charge on any atom is -0.306 e. The number of likely N-dealkylation sites (tertiary alicyclic amines) is 3. The largest absolute Gasteiger partial charge is 0.306 e. The van der Waals surface area contributed by atoms with Gasteiger partial charge in [0.1, 0.15) is 0 Å². The van der Waals surface area contributed by atoms with Crippen LogP contribution in [0.25, 0.3) is 0 Å². The van der Waals surface area contributed by atoms with E-state index in [0.717, 1.165) is 18.0 Å². The Balaban J connectivity index is 0.000000249. The molecule has 0 spiro atoms. The molecule has 0 aromatic rings. The van der Waals surface area contributed by atoms with Crippen LogP contribution in [0.3, 0.4) is 0 Å². The minimum absolute atomic E-state index is 0.467. The lowest BCUT2D eigenvalue weighted by molar-refractivity contribution is 0.0883. The zero-order chi connectivity index (χ0) is 25.4. The van der Waals surface area contributed by atoms with Crippen LogP contribution in [0.5, 0.6) is 0 Å². The standard InChI is InChI=1S/C11H23N.C10H21N.C9H19N/c1-11(2,3)10-6-5-8-12(4)9-7-10;1-10(2,3)9-7-5-6-8-11(9)4;1-9(2,3)8-6-5-7-10(8)4/h10H,5-9H2,1-4H3;9H,5-8H2,1-4H3;8H,5-7H2,1-4H3. The normalized spacial score (nSPS) is 28.9. The molecule has 33 heavy (non-hydrogen) atoms. The van der Waals surface area contributed by atoms with Crippen molar-refractivity contribution in [2.24, 2.45) is 22.2 Å². The summed E-state index contributed by atoms with van der Waals surface area (Å²) in [6.45, 7) is 26.4. The summed E-state index contributed by atoms with van der Waals surface area (Å²) in [5.74, 6) is 0.933. The van der Waals surface area contributed by atoms with Gasteiger partial charge in [-0.15, -0.1) is 0 Å². The van der Waals surface area contributed by atoms with Gasteiger partial charge in [-0.1, -0.05) is 68.7 Å². The molecule has 0 aromatic carbocycles. The van der Waals surface area contributed by atoms with E-state index in [2.05, 4.69) is 98.2 Å². The molecule has 0 radical (unpaired) electrons. The minimum atomic E-state index is 0.467. The second-order valence-corrected chi connectivity index (χ2v) is 14.7. The molecule has 3 nitrogen and oxygen atoms in total. The molecule has 0 bridgehead atoms. The first-order chi connectivity index (χ1) is 15.0. The van der Waals surface area contributed by atoms with Gasteiger partial charge in [-0.05, 0) is 114 Å². The third-order valence-corrected chi connectivity index (χ3v) is 8.47. The van der Waals surface area contributed by atoms with Gasteiger partial charge in [0, 0.05) is 12.1 Å². The molecule has 3 saturated heterocycles. The van der Waals surface area contributed by atoms with Crippen LogP contribution >= 0.6 is 0 Å². The Bertz CT molecular complexity index is 522. The Morgan fingerprint density at radius 1 is 0.455 bits per heavy atom. The summed E-state index contributed by atoms with van der Waals surface area (Å²) in [7, 11) is 6.74. The molecule has 0 N–H and O–H groups in total. The maximum Gasteiger partial charge on any atom is 0.0141 e. The lowest BCUT2D eigenvalue weighted by atomic mass is 9.77. The molecule has 3 heteroatoms. The molecule has 3 rings (SSSR count). The quantitative estimate of drug-likeness (QED) is 0.369. The van der Waals surface area contributed by atoms with Crippen LogP contribution in [0.15, 0.2) is 0 Å². The van der Waals surface area contributed by atoms with Gasteiger partial charge in [-0.25, -0.2) is 0 Å². The highest BCUT2D eigenvalue weighted by molar-refractivity contribution is 4.86. The van der Waals surface area contributed by atoms with Crippen LogP contribution in [0.2, 0.25) is 0 Å². The SMILES string of the molecule is CN1CCCC(C(C)(C)C)CC1.CN1CCCC1C(C)(C)C.CN1CCCCC1C(C)(C)C. The molecule has 3 aliphatic rings. The number of piperidine rings is 1. The Labute approximate surface area is 210 Å². The Kier molecular flexibility index (Phi) is 12.4. The highest BCUT2D eigenvalue weighted by atomic mass is 15.2. The van der Waals surface area contributed by atoms with E-state index in [4.69, 9.17) is 0 Å². The predicted molar refractivity (Wildman–Crippen MR) is 149 cm³/mol. The topological polar surface area (TPSA) is 9.72 Å². The molecule has 198 valence electrons. The number of hydrogen-bond donors (Lipinski definition) is 0. The molecule has 3 heterocycles. The van der Waals surface area contributed by atoms with Gasteiger partial charge in [0.2, 0.25) is 0 Å². The number of hydrogen-bond acceptors (Lipinski definition) is 3. The van der Waals surface area contributed by atoms with E-state index in [1.54, 1.807) is 0 Å². The van der Waals surface area contributed by atoms with Crippen LogP contribution in [0.1, 0.15) is 114 Å². The molecule has 0 aliphatic carbocycles. The van der Waals surface area contributed by atoms with Crippen LogP contribution in [-0.4, -0.2) is 74.1 Å². The number of nitrogens with zero attached hydrogens (tertiary/aromatic N) is 3. The van der Waals surface area contributed by atoms with E-state index >= 15 is 0 Å². The summed E-state index contributed by atoms with van der Waals surface area (Å²) in [6, 6.07) is 1.61. The highest BCUT2D eigenvalue weighted by Gasteiger charge is 2.31. The Hall–Kier alpha value is -0.120. The van der Waals surface area contributed by atoms with Crippen molar-refractivity contribution in [1.29, 1.82) is 0 Å². The summed E-state index contributed by atoms with van der Waals surface area (Å²) >= 11 is 0. The lowest BCUT2D eigenvalue weighted by Crippen LogP contribution is -2.44. The molecular weight excluding hydrogens is 402 g/mol. The van der Waals surface area contributed by atoms with Gasteiger partial charge in [0.15, 0.2) is 0 Å². The van der Waals surface area contributed by atoms with E-state index in [0.29, 0.717) is 16.2 Å². The van der Waals surface area contributed by atoms with Crippen molar-refractivity contribution < 1.29 is 0 Å². The predicted octanol–water partition coefficient (Wildman–Crippen LogP) is 7.41. The van der Waals surface area contributed by atoms with Gasteiger partial charge in [-0.2, -0.15) is 0 Å². The molecule has 3 atom stereocenters. The summed E-state index contributed by atoms with van der Waals surface area (Å²) in [4.78, 5) is 7.47. The molecule has 0 aromatic heterocycles. The van der Waals surface area contributed by atoms with Crippen molar-refractivity contribution in [2.75, 3.05) is 47.3 Å². The first kappa shape index (κ1) is 30.9. The van der Waals surface area contributed by atoms with Gasteiger partial charge in [0.05, 0.1) is 0 Å². The monoisotopic (exact) mass is 466 g/mol. The average Bonchev–Trinajstić information content (AvgIpc) is 2.98. The van der Waals surface area contributed by atoms with Crippen LogP contribution in [0.4, 0.5) is 0 Å². The summed E-state index contributed by atoms with van der Waals surface area (Å²) in [5, 5.41) is 0. The van der Waals surface area contributed by atoms with Crippen LogP contribution < -0.4 is 0 Å². The van der Waals surface area contributed by atoms with Gasteiger partial charge in [0.25, 0.3) is 0 Å². The molecule has 0 amide bonds. The van der Waals surface area contributed by atoms with E-state index in [1.807, 2.05) is 0 Å². The maximum atomic E-state index is 2.52. The van der Waals surface area contributed by atoms with Crippen molar-refractivity contribution in [1.82, 2.24) is 14.7 Å². The third kappa shape index (κ3) is 11.4. The highest BCUT2D eigenvalue weighted by Crippen LogP contribution is 2.34. The Morgan fingerprint density at radius 3 is 1.30 bits per heavy atom. The third-order valence-electron chi connectivity index (χ3n) is 8.47. The maximum absolute atomic E-state index is 2.52. The molecule has 3 aliphatic heterocycles. The fourth-order valence-electron chi connectivity index (χ4n) is 6.28. The average molecular weight is 466 g/mol. The van der Waals surface area contributed by atoms with E-state index < -0.39 is 0 Å². The first-order valence-corrected chi connectivity index (χ1v) is 14.1. The molecule has 3 unspecified atom stereocenters. The van der Waals surface area contributed by atoms with Crippen molar-refractivity contribution in [3.8, 4) is 0 Å². The molecule has 0 saturated carbocycles. The second-order valence-electron chi connectivity index (χ2n) is 14.7. The molecule has 3 fully saturated rings. The smallest absolute Gasteiger partial charge is 0.0141 e. The van der Waals surface area contributed by atoms with E-state index in [-0.39, 0.29) is 0 Å². The van der Waals surface area contributed by atoms with E-state index in [9.17, 15) is 0 Å². The van der Waals surface area contributed by atoms with Crippen molar-refractivity contribution in [2.45, 2.75) is 126 Å². The lowest BCUT2D eigenvalue weighted by Gasteiger charge is -2.41. The zero-order valence-corrected chi connectivity index (χ0v) is 25.1. The summed E-state index contributed by atoms with van der Waals surface area (Å²) in [6.07, 6.45) is 11.2. The van der Waals surface area contributed by atoms with Gasteiger partial charge >= 0.3 is 0 Å². The fraction of sp³-hybridized carbons (Fsp3) is 1.00.